The third-order valence-electron chi connectivity index (χ3n) is 5.42. The number of benzene rings is 2. The van der Waals surface area contributed by atoms with Crippen LogP contribution in [0.3, 0.4) is 0 Å². The predicted octanol–water partition coefficient (Wildman–Crippen LogP) is 2.92. The molecule has 168 valence electrons. The third kappa shape index (κ3) is 5.12. The van der Waals surface area contributed by atoms with Gasteiger partial charge in [0.15, 0.2) is 0 Å². The Balaban J connectivity index is 1.49. The van der Waals surface area contributed by atoms with Crippen LogP contribution in [-0.4, -0.2) is 54.9 Å². The molecule has 4 rings (SSSR count). The van der Waals surface area contributed by atoms with E-state index in [9.17, 15) is 12.8 Å². The van der Waals surface area contributed by atoms with Crippen molar-refractivity contribution in [3.8, 4) is 11.3 Å². The molecule has 0 amide bonds. The van der Waals surface area contributed by atoms with Gasteiger partial charge in [0, 0.05) is 44.0 Å². The standard InChI is InChI=1S/C23H26FN5O2S/c1-17-16-25-12-13-29(17)32(30,31)21-7-3-5-19(15-21)22-9-11-27-23(28-22)26-10-8-18-4-2-6-20(24)14-18/h2-7,9,11,14-15,17,25H,8,10,12-13,16H2,1H3,(H,26,27,28). The first-order valence-electron chi connectivity index (χ1n) is 10.6. The van der Waals surface area contributed by atoms with E-state index in [0.29, 0.717) is 49.8 Å². The second-order valence-corrected chi connectivity index (χ2v) is 9.66. The zero-order chi connectivity index (χ0) is 22.6. The van der Waals surface area contributed by atoms with Crippen LogP contribution in [0, 0.1) is 5.82 Å². The maximum atomic E-state index is 13.3. The Morgan fingerprint density at radius 3 is 2.84 bits per heavy atom. The molecule has 0 radical (unpaired) electrons. The molecular formula is C23H26FN5O2S. The Hall–Kier alpha value is -2.88. The molecule has 0 aliphatic carbocycles. The molecule has 0 bridgehead atoms. The van der Waals surface area contributed by atoms with Crippen molar-refractivity contribution in [3.63, 3.8) is 0 Å². The van der Waals surface area contributed by atoms with Crippen LogP contribution in [-0.2, 0) is 16.4 Å². The van der Waals surface area contributed by atoms with Crippen LogP contribution >= 0.6 is 0 Å². The van der Waals surface area contributed by atoms with E-state index in [1.165, 1.54) is 12.1 Å². The van der Waals surface area contributed by atoms with E-state index >= 15 is 0 Å². The highest BCUT2D eigenvalue weighted by Gasteiger charge is 2.31. The lowest BCUT2D eigenvalue weighted by atomic mass is 10.1. The van der Waals surface area contributed by atoms with E-state index in [0.717, 1.165) is 5.56 Å². The smallest absolute Gasteiger partial charge is 0.243 e. The Bertz CT molecular complexity index is 1190. The van der Waals surface area contributed by atoms with E-state index in [1.807, 2.05) is 19.1 Å². The quantitative estimate of drug-likeness (QED) is 0.570. The summed E-state index contributed by atoms with van der Waals surface area (Å²) in [6, 6.07) is 15.0. The number of rotatable bonds is 7. The molecule has 1 unspecified atom stereocenters. The monoisotopic (exact) mass is 455 g/mol. The predicted molar refractivity (Wildman–Crippen MR) is 122 cm³/mol. The van der Waals surface area contributed by atoms with Gasteiger partial charge in [-0.1, -0.05) is 24.3 Å². The fourth-order valence-electron chi connectivity index (χ4n) is 3.75. The number of nitrogens with one attached hydrogen (secondary N) is 2. The van der Waals surface area contributed by atoms with Gasteiger partial charge in [0.05, 0.1) is 10.6 Å². The van der Waals surface area contributed by atoms with Gasteiger partial charge in [-0.3, -0.25) is 0 Å². The molecule has 1 atom stereocenters. The Morgan fingerprint density at radius 1 is 1.19 bits per heavy atom. The van der Waals surface area contributed by atoms with Crippen LogP contribution in [0.5, 0.6) is 0 Å². The van der Waals surface area contributed by atoms with Crippen molar-refractivity contribution in [3.05, 3.63) is 72.2 Å². The minimum Gasteiger partial charge on any atom is -0.354 e. The van der Waals surface area contributed by atoms with Crippen molar-refractivity contribution in [1.82, 2.24) is 19.6 Å². The normalized spacial score (nSPS) is 17.2. The molecule has 1 aromatic heterocycles. The van der Waals surface area contributed by atoms with Gasteiger partial charge in [0.25, 0.3) is 0 Å². The lowest BCUT2D eigenvalue weighted by molar-refractivity contribution is 0.284. The first-order chi connectivity index (χ1) is 15.4. The summed E-state index contributed by atoms with van der Waals surface area (Å²) in [5, 5.41) is 6.36. The van der Waals surface area contributed by atoms with Gasteiger partial charge in [0.1, 0.15) is 5.82 Å². The van der Waals surface area contributed by atoms with E-state index in [-0.39, 0.29) is 16.8 Å². The molecule has 2 heterocycles. The van der Waals surface area contributed by atoms with Crippen LogP contribution in [0.1, 0.15) is 12.5 Å². The second kappa shape index (κ2) is 9.72. The summed E-state index contributed by atoms with van der Waals surface area (Å²) in [6.07, 6.45) is 2.26. The number of aromatic nitrogens is 2. The lowest BCUT2D eigenvalue weighted by Gasteiger charge is -2.32. The van der Waals surface area contributed by atoms with Gasteiger partial charge >= 0.3 is 0 Å². The molecule has 0 spiro atoms. The summed E-state index contributed by atoms with van der Waals surface area (Å²) in [4.78, 5) is 9.02. The van der Waals surface area contributed by atoms with Crippen LogP contribution in [0.4, 0.5) is 10.3 Å². The molecule has 9 heteroatoms. The fourth-order valence-corrected chi connectivity index (χ4v) is 5.42. The number of halogens is 1. The zero-order valence-electron chi connectivity index (χ0n) is 17.8. The number of nitrogens with zero attached hydrogens (tertiary/aromatic N) is 3. The van der Waals surface area contributed by atoms with Gasteiger partial charge in [0.2, 0.25) is 16.0 Å². The van der Waals surface area contributed by atoms with Gasteiger partial charge in [-0.2, -0.15) is 4.31 Å². The summed E-state index contributed by atoms with van der Waals surface area (Å²) in [5.74, 6) is 0.175. The minimum atomic E-state index is -3.60. The average Bonchev–Trinajstić information content (AvgIpc) is 2.80. The minimum absolute atomic E-state index is 0.106. The fraction of sp³-hybridized carbons (Fsp3) is 0.304. The van der Waals surface area contributed by atoms with Crippen molar-refractivity contribution in [1.29, 1.82) is 0 Å². The van der Waals surface area contributed by atoms with Crippen molar-refractivity contribution in [2.45, 2.75) is 24.3 Å². The SMILES string of the molecule is CC1CNCCN1S(=O)(=O)c1cccc(-c2ccnc(NCCc3cccc(F)c3)n2)c1. The zero-order valence-corrected chi connectivity index (χ0v) is 18.6. The van der Waals surface area contributed by atoms with Crippen LogP contribution in [0.25, 0.3) is 11.3 Å². The van der Waals surface area contributed by atoms with E-state index in [1.54, 1.807) is 40.8 Å². The molecular weight excluding hydrogens is 429 g/mol. The topological polar surface area (TPSA) is 87.2 Å². The van der Waals surface area contributed by atoms with Crippen molar-refractivity contribution in [2.24, 2.45) is 0 Å². The number of sulfonamides is 1. The first kappa shape index (κ1) is 22.3. The number of hydrogen-bond acceptors (Lipinski definition) is 6. The Morgan fingerprint density at radius 2 is 2.03 bits per heavy atom. The third-order valence-corrected chi connectivity index (χ3v) is 7.43. The van der Waals surface area contributed by atoms with Crippen molar-refractivity contribution in [2.75, 3.05) is 31.5 Å². The van der Waals surface area contributed by atoms with E-state index in [2.05, 4.69) is 20.6 Å². The first-order valence-corrected chi connectivity index (χ1v) is 12.0. The van der Waals surface area contributed by atoms with Gasteiger partial charge in [-0.25, -0.2) is 22.8 Å². The van der Waals surface area contributed by atoms with Gasteiger partial charge < -0.3 is 10.6 Å². The maximum absolute atomic E-state index is 13.3. The van der Waals surface area contributed by atoms with Gasteiger partial charge in [-0.05, 0) is 49.2 Å². The number of hydrogen-bond donors (Lipinski definition) is 2. The highest BCUT2D eigenvalue weighted by molar-refractivity contribution is 7.89. The molecule has 1 aliphatic rings. The van der Waals surface area contributed by atoms with E-state index < -0.39 is 10.0 Å². The van der Waals surface area contributed by atoms with Crippen molar-refractivity contribution < 1.29 is 12.8 Å². The van der Waals surface area contributed by atoms with E-state index in [4.69, 9.17) is 0 Å². The van der Waals surface area contributed by atoms with Crippen LogP contribution < -0.4 is 10.6 Å². The highest BCUT2D eigenvalue weighted by Crippen LogP contribution is 2.25. The summed E-state index contributed by atoms with van der Waals surface area (Å²) >= 11 is 0. The van der Waals surface area contributed by atoms with Crippen molar-refractivity contribution >= 4 is 16.0 Å². The number of anilines is 1. The molecule has 32 heavy (non-hydrogen) atoms. The molecule has 1 aliphatic heterocycles. The summed E-state index contributed by atoms with van der Waals surface area (Å²) in [6.45, 7) is 4.16. The summed E-state index contributed by atoms with van der Waals surface area (Å²) < 4.78 is 41.2. The summed E-state index contributed by atoms with van der Waals surface area (Å²) in [5.41, 5.74) is 2.21. The number of piperazine rings is 1. The molecule has 2 aromatic carbocycles. The van der Waals surface area contributed by atoms with Gasteiger partial charge in [-0.15, -0.1) is 0 Å². The van der Waals surface area contributed by atoms with Crippen LogP contribution in [0.15, 0.2) is 65.7 Å². The maximum Gasteiger partial charge on any atom is 0.243 e. The molecule has 1 saturated heterocycles. The molecule has 1 fully saturated rings. The second-order valence-electron chi connectivity index (χ2n) is 7.77. The molecule has 7 nitrogen and oxygen atoms in total. The molecule has 0 saturated carbocycles. The molecule has 2 N–H and O–H groups in total. The molecule has 3 aromatic rings. The summed E-state index contributed by atoms with van der Waals surface area (Å²) in [7, 11) is -3.60. The highest BCUT2D eigenvalue weighted by atomic mass is 32.2. The largest absolute Gasteiger partial charge is 0.354 e. The van der Waals surface area contributed by atoms with Crippen LogP contribution in [0.2, 0.25) is 0 Å². The Labute approximate surface area is 187 Å². The Kier molecular flexibility index (Phi) is 6.78. The average molecular weight is 456 g/mol. The lowest BCUT2D eigenvalue weighted by Crippen LogP contribution is -2.52.